The number of carboxylic acids is 1. The smallest absolute Gasteiger partial charge is 0.346 e. The van der Waals surface area contributed by atoms with Gasteiger partial charge in [0.2, 0.25) is 0 Å². The number of anilines is 1. The monoisotopic (exact) mass is 280 g/mol. The topological polar surface area (TPSA) is 60.9 Å². The number of carboxylic acid groups (broad SMARTS) is 1. The first-order chi connectivity index (χ1) is 9.08. The average molecular weight is 280 g/mol. The number of nitrogens with zero attached hydrogens (tertiary/aromatic N) is 2. The highest BCUT2D eigenvalue weighted by Crippen LogP contribution is 2.34. The molecule has 2 amide bonds. The van der Waals surface area contributed by atoms with Crippen LogP contribution in [0.5, 0.6) is 0 Å². The largest absolute Gasteiger partial charge is 0.477 e. The van der Waals surface area contributed by atoms with Crippen LogP contribution in [0.2, 0.25) is 0 Å². The van der Waals surface area contributed by atoms with Crippen LogP contribution in [0.3, 0.4) is 0 Å². The zero-order valence-corrected chi connectivity index (χ0v) is 11.6. The molecule has 1 aromatic rings. The Morgan fingerprint density at radius 2 is 2.21 bits per heavy atom. The number of hydrogen-bond donors (Lipinski definition) is 1. The number of amides is 2. The summed E-state index contributed by atoms with van der Waals surface area (Å²) in [6.07, 6.45) is 2.45. The van der Waals surface area contributed by atoms with Gasteiger partial charge in [-0.2, -0.15) is 0 Å². The average Bonchev–Trinajstić information content (AvgIpc) is 3.00. The van der Waals surface area contributed by atoms with Gasteiger partial charge in [-0.05, 0) is 31.2 Å². The molecule has 2 heterocycles. The molecule has 1 N–H and O–H groups in total. The lowest BCUT2D eigenvalue weighted by Gasteiger charge is -2.18. The van der Waals surface area contributed by atoms with Gasteiger partial charge in [-0.25, -0.2) is 9.59 Å². The lowest BCUT2D eigenvalue weighted by Crippen LogP contribution is -2.33. The van der Waals surface area contributed by atoms with Crippen LogP contribution in [0.1, 0.15) is 28.1 Å². The zero-order chi connectivity index (χ0) is 13.6. The molecule has 1 aliphatic carbocycles. The molecule has 0 radical (unpaired) electrons. The van der Waals surface area contributed by atoms with Crippen molar-refractivity contribution in [3.05, 3.63) is 15.8 Å². The lowest BCUT2D eigenvalue weighted by molar-refractivity contribution is 0.0701. The Hall–Kier alpha value is -1.56. The molecule has 0 aromatic carbocycles. The van der Waals surface area contributed by atoms with Crippen molar-refractivity contribution >= 4 is 29.0 Å². The molecule has 2 aliphatic rings. The summed E-state index contributed by atoms with van der Waals surface area (Å²) in [5.41, 5.74) is 1.45. The lowest BCUT2D eigenvalue weighted by atomic mass is 10.2. The SMILES string of the molecule is Cc1c(N2CCN(CC3CC3)C2=O)csc1C(=O)O. The standard InChI is InChI=1S/C13H16N2O3S/c1-8-10(7-19-11(8)12(16)17)15-5-4-14(13(15)18)6-9-2-3-9/h7,9H,2-6H2,1H3,(H,16,17). The zero-order valence-electron chi connectivity index (χ0n) is 10.8. The van der Waals surface area contributed by atoms with Gasteiger partial charge in [-0.15, -0.1) is 11.3 Å². The van der Waals surface area contributed by atoms with E-state index in [1.54, 1.807) is 17.2 Å². The maximum Gasteiger partial charge on any atom is 0.346 e. The quantitative estimate of drug-likeness (QED) is 0.921. The van der Waals surface area contributed by atoms with Gasteiger partial charge in [-0.3, -0.25) is 4.90 Å². The molecule has 0 unspecified atom stereocenters. The van der Waals surface area contributed by atoms with Crippen molar-refractivity contribution in [2.24, 2.45) is 5.92 Å². The fourth-order valence-electron chi connectivity index (χ4n) is 2.47. The van der Waals surface area contributed by atoms with Crippen LogP contribution < -0.4 is 4.90 Å². The van der Waals surface area contributed by atoms with Crippen molar-refractivity contribution in [2.75, 3.05) is 24.5 Å². The van der Waals surface area contributed by atoms with Gasteiger partial charge in [0.15, 0.2) is 0 Å². The van der Waals surface area contributed by atoms with Gasteiger partial charge in [0.1, 0.15) is 4.88 Å². The molecule has 0 spiro atoms. The van der Waals surface area contributed by atoms with E-state index in [4.69, 9.17) is 5.11 Å². The fraction of sp³-hybridized carbons (Fsp3) is 0.538. The van der Waals surface area contributed by atoms with E-state index in [1.807, 2.05) is 4.90 Å². The molecule has 3 rings (SSSR count). The van der Waals surface area contributed by atoms with E-state index in [0.29, 0.717) is 22.9 Å². The van der Waals surface area contributed by atoms with Crippen molar-refractivity contribution in [2.45, 2.75) is 19.8 Å². The Morgan fingerprint density at radius 1 is 1.47 bits per heavy atom. The van der Waals surface area contributed by atoms with E-state index in [-0.39, 0.29) is 6.03 Å². The van der Waals surface area contributed by atoms with E-state index in [9.17, 15) is 9.59 Å². The minimum atomic E-state index is -0.921. The van der Waals surface area contributed by atoms with Crippen molar-refractivity contribution in [3.8, 4) is 0 Å². The maximum atomic E-state index is 12.3. The summed E-state index contributed by atoms with van der Waals surface area (Å²) in [7, 11) is 0. The molecule has 102 valence electrons. The normalized spacial score (nSPS) is 19.3. The molecular formula is C13H16N2O3S. The molecule has 1 aromatic heterocycles. The third-order valence-electron chi connectivity index (χ3n) is 3.77. The predicted molar refractivity (Wildman–Crippen MR) is 73.1 cm³/mol. The highest BCUT2D eigenvalue weighted by atomic mass is 32.1. The van der Waals surface area contributed by atoms with E-state index in [1.165, 1.54) is 24.2 Å². The molecule has 19 heavy (non-hydrogen) atoms. The van der Waals surface area contributed by atoms with Gasteiger partial charge in [0, 0.05) is 25.0 Å². The number of aromatic carboxylic acids is 1. The number of carbonyl (C=O) groups excluding carboxylic acids is 1. The third-order valence-corrected chi connectivity index (χ3v) is 4.83. The second-order valence-electron chi connectivity index (χ2n) is 5.20. The van der Waals surface area contributed by atoms with E-state index in [0.717, 1.165) is 18.8 Å². The first-order valence-corrected chi connectivity index (χ1v) is 7.33. The molecule has 6 heteroatoms. The minimum absolute atomic E-state index is 0.0183. The summed E-state index contributed by atoms with van der Waals surface area (Å²) >= 11 is 1.19. The highest BCUT2D eigenvalue weighted by Gasteiger charge is 2.35. The van der Waals surface area contributed by atoms with Crippen molar-refractivity contribution in [1.82, 2.24) is 4.90 Å². The van der Waals surface area contributed by atoms with Crippen LogP contribution in [-0.4, -0.2) is 41.6 Å². The third kappa shape index (κ3) is 2.20. The number of urea groups is 1. The van der Waals surface area contributed by atoms with Gasteiger partial charge >= 0.3 is 12.0 Å². The van der Waals surface area contributed by atoms with Gasteiger partial charge in [0.05, 0.1) is 5.69 Å². The molecule has 1 saturated carbocycles. The Morgan fingerprint density at radius 3 is 2.79 bits per heavy atom. The molecule has 0 atom stereocenters. The van der Waals surface area contributed by atoms with Crippen LogP contribution in [0, 0.1) is 12.8 Å². The molecule has 1 saturated heterocycles. The Balaban J connectivity index is 1.79. The van der Waals surface area contributed by atoms with Gasteiger partial charge in [0.25, 0.3) is 0 Å². The van der Waals surface area contributed by atoms with Crippen molar-refractivity contribution in [3.63, 3.8) is 0 Å². The van der Waals surface area contributed by atoms with Gasteiger partial charge < -0.3 is 10.0 Å². The predicted octanol–water partition coefficient (Wildman–Crippen LogP) is 2.41. The van der Waals surface area contributed by atoms with Crippen molar-refractivity contribution < 1.29 is 14.7 Å². The van der Waals surface area contributed by atoms with E-state index < -0.39 is 5.97 Å². The summed E-state index contributed by atoms with van der Waals surface area (Å²) in [5, 5.41) is 10.8. The summed E-state index contributed by atoms with van der Waals surface area (Å²) in [6, 6.07) is 0.0183. The first kappa shape index (κ1) is 12.5. The van der Waals surface area contributed by atoms with Crippen LogP contribution in [-0.2, 0) is 0 Å². The van der Waals surface area contributed by atoms with Crippen LogP contribution in [0.25, 0.3) is 0 Å². The van der Waals surface area contributed by atoms with E-state index in [2.05, 4.69) is 0 Å². The van der Waals surface area contributed by atoms with Crippen LogP contribution in [0.4, 0.5) is 10.5 Å². The Labute approximate surface area is 115 Å². The van der Waals surface area contributed by atoms with Crippen LogP contribution in [0.15, 0.2) is 5.38 Å². The molecule has 5 nitrogen and oxygen atoms in total. The summed E-state index contributed by atoms with van der Waals surface area (Å²) in [4.78, 5) is 27.3. The van der Waals surface area contributed by atoms with Crippen LogP contribution >= 0.6 is 11.3 Å². The Bertz CT molecular complexity index is 536. The summed E-state index contributed by atoms with van der Waals surface area (Å²) in [6.45, 7) is 4.02. The minimum Gasteiger partial charge on any atom is -0.477 e. The van der Waals surface area contributed by atoms with Gasteiger partial charge in [-0.1, -0.05) is 0 Å². The number of thiophene rings is 1. The first-order valence-electron chi connectivity index (χ1n) is 6.45. The Kier molecular flexibility index (Phi) is 2.97. The summed E-state index contributed by atoms with van der Waals surface area (Å²) < 4.78 is 0. The molecule has 0 bridgehead atoms. The molecular weight excluding hydrogens is 264 g/mol. The fourth-order valence-corrected chi connectivity index (χ4v) is 3.39. The molecule has 2 fully saturated rings. The highest BCUT2D eigenvalue weighted by molar-refractivity contribution is 7.12. The van der Waals surface area contributed by atoms with Crippen molar-refractivity contribution in [1.29, 1.82) is 0 Å². The second kappa shape index (κ2) is 4.52. The molecule has 1 aliphatic heterocycles. The van der Waals surface area contributed by atoms with E-state index >= 15 is 0 Å². The number of carbonyl (C=O) groups is 2. The summed E-state index contributed by atoms with van der Waals surface area (Å²) in [5.74, 6) is -0.239. The number of rotatable bonds is 4. The maximum absolute atomic E-state index is 12.3. The number of hydrogen-bond acceptors (Lipinski definition) is 3. The second-order valence-corrected chi connectivity index (χ2v) is 6.08.